The van der Waals surface area contributed by atoms with Crippen molar-refractivity contribution in [2.45, 2.75) is 58.0 Å². The van der Waals surface area contributed by atoms with Gasteiger partial charge < -0.3 is 14.4 Å². The molecular formula is C37H42N2O6. The molecule has 8 heteroatoms. The number of nitro benzene ring substituents is 1. The van der Waals surface area contributed by atoms with Crippen LogP contribution in [0.2, 0.25) is 0 Å². The molecule has 8 nitrogen and oxygen atoms in total. The first-order chi connectivity index (χ1) is 21.4. The molecule has 3 aromatic rings. The van der Waals surface area contributed by atoms with Gasteiger partial charge in [-0.1, -0.05) is 83.9 Å². The Hall–Kier alpha value is -4.56. The van der Waals surface area contributed by atoms with E-state index in [1.165, 1.54) is 30.4 Å². The Bertz CT molecular complexity index is 1550. The summed E-state index contributed by atoms with van der Waals surface area (Å²) in [6.45, 7) is 8.64. The standard InChI is InChI=1S/C37H42N2O6/c1-25-22-26(2)33(34(32(25)35(40)44-6)29-18-13-19-30(23-29)39(42)43)36(41)45-37(3,4)24-38(5)21-20-31(27-14-9-7-10-15-27)28-16-11-8-12-17-28/h7-19,23,31,34H,20-22,24H2,1-6H3. The van der Waals surface area contributed by atoms with Crippen LogP contribution in [-0.4, -0.2) is 54.6 Å². The molecule has 0 aromatic heterocycles. The van der Waals surface area contributed by atoms with Crippen LogP contribution >= 0.6 is 0 Å². The second-order valence-electron chi connectivity index (χ2n) is 12.4. The Kier molecular flexibility index (Phi) is 10.7. The smallest absolute Gasteiger partial charge is 0.335 e. The molecule has 1 atom stereocenters. The molecule has 0 saturated heterocycles. The highest BCUT2D eigenvalue weighted by Gasteiger charge is 2.39. The van der Waals surface area contributed by atoms with Crippen molar-refractivity contribution in [1.82, 2.24) is 4.90 Å². The Morgan fingerprint density at radius 3 is 2.00 bits per heavy atom. The predicted molar refractivity (Wildman–Crippen MR) is 175 cm³/mol. The minimum atomic E-state index is -0.872. The van der Waals surface area contributed by atoms with E-state index in [0.717, 1.165) is 24.1 Å². The fraction of sp³-hybridized carbons (Fsp3) is 0.351. The lowest BCUT2D eigenvalue weighted by Crippen LogP contribution is -2.42. The van der Waals surface area contributed by atoms with Gasteiger partial charge in [-0.3, -0.25) is 10.1 Å². The van der Waals surface area contributed by atoms with Gasteiger partial charge in [0.2, 0.25) is 0 Å². The van der Waals surface area contributed by atoms with Crippen LogP contribution in [0.5, 0.6) is 0 Å². The fourth-order valence-corrected chi connectivity index (χ4v) is 6.38. The van der Waals surface area contributed by atoms with Crippen molar-refractivity contribution in [3.05, 3.63) is 134 Å². The summed E-state index contributed by atoms with van der Waals surface area (Å²) < 4.78 is 11.3. The number of hydrogen-bond acceptors (Lipinski definition) is 7. The summed E-state index contributed by atoms with van der Waals surface area (Å²) in [4.78, 5) is 40.3. The number of nitro groups is 1. The average molecular weight is 611 g/mol. The number of ether oxygens (including phenoxy) is 2. The summed E-state index contributed by atoms with van der Waals surface area (Å²) in [5.41, 5.74) is 4.07. The third kappa shape index (κ3) is 8.13. The van der Waals surface area contributed by atoms with Crippen molar-refractivity contribution < 1.29 is 24.0 Å². The molecule has 0 N–H and O–H groups in total. The molecule has 0 spiro atoms. The summed E-state index contributed by atoms with van der Waals surface area (Å²) in [6, 6.07) is 26.9. The molecule has 0 saturated carbocycles. The van der Waals surface area contributed by atoms with E-state index >= 15 is 0 Å². The zero-order valence-electron chi connectivity index (χ0n) is 26.9. The molecule has 236 valence electrons. The molecule has 0 aliphatic heterocycles. The van der Waals surface area contributed by atoms with Crippen molar-refractivity contribution in [2.75, 3.05) is 27.2 Å². The van der Waals surface area contributed by atoms with Crippen LogP contribution in [0.1, 0.15) is 69.1 Å². The van der Waals surface area contributed by atoms with Gasteiger partial charge in [-0.2, -0.15) is 0 Å². The van der Waals surface area contributed by atoms with Crippen molar-refractivity contribution >= 4 is 17.6 Å². The maximum Gasteiger partial charge on any atom is 0.335 e. The molecule has 0 fully saturated rings. The fourth-order valence-electron chi connectivity index (χ4n) is 6.38. The quantitative estimate of drug-likeness (QED) is 0.120. The second kappa shape index (κ2) is 14.5. The number of carbonyl (C=O) groups is 2. The van der Waals surface area contributed by atoms with Crippen LogP contribution in [-0.2, 0) is 19.1 Å². The summed E-state index contributed by atoms with van der Waals surface area (Å²) in [6.07, 6.45) is 1.27. The number of carbonyl (C=O) groups excluding carboxylic acids is 2. The molecule has 3 aromatic carbocycles. The first kappa shape index (κ1) is 33.3. The van der Waals surface area contributed by atoms with Crippen LogP contribution in [0.3, 0.4) is 0 Å². The molecule has 0 amide bonds. The minimum absolute atomic E-state index is 0.128. The number of non-ortho nitro benzene ring substituents is 1. The molecule has 0 bridgehead atoms. The lowest BCUT2D eigenvalue weighted by molar-refractivity contribution is -0.384. The Balaban J connectivity index is 1.54. The van der Waals surface area contributed by atoms with Gasteiger partial charge in [-0.15, -0.1) is 0 Å². The topological polar surface area (TPSA) is 99.0 Å². The number of benzene rings is 3. The van der Waals surface area contributed by atoms with E-state index in [2.05, 4.69) is 53.4 Å². The van der Waals surface area contributed by atoms with Crippen molar-refractivity contribution in [1.29, 1.82) is 0 Å². The lowest BCUT2D eigenvalue weighted by atomic mass is 9.75. The van der Waals surface area contributed by atoms with Crippen molar-refractivity contribution in [3.8, 4) is 0 Å². The van der Waals surface area contributed by atoms with E-state index in [1.807, 2.05) is 46.9 Å². The molecule has 0 heterocycles. The van der Waals surface area contributed by atoms with Gasteiger partial charge in [0.15, 0.2) is 0 Å². The Morgan fingerprint density at radius 1 is 0.911 bits per heavy atom. The van der Waals surface area contributed by atoms with Crippen LogP contribution in [0, 0.1) is 10.1 Å². The van der Waals surface area contributed by atoms with Crippen LogP contribution in [0.4, 0.5) is 5.69 Å². The SMILES string of the molecule is COC(=O)C1=C(C)CC(C)=C(C(=O)OC(C)(C)CN(C)CCC(c2ccccc2)c2ccccc2)C1c1cccc([N+](=O)[O-])c1. The third-order valence-electron chi connectivity index (χ3n) is 8.29. The summed E-state index contributed by atoms with van der Waals surface area (Å²) in [7, 11) is 3.30. The van der Waals surface area contributed by atoms with Gasteiger partial charge in [0.05, 0.1) is 12.0 Å². The average Bonchev–Trinajstić information content (AvgIpc) is 3.01. The van der Waals surface area contributed by atoms with Crippen LogP contribution in [0.15, 0.2) is 107 Å². The number of likely N-dealkylation sites (N-methyl/N-ethyl adjacent to an activating group) is 1. The number of hydrogen-bond donors (Lipinski definition) is 0. The molecule has 0 radical (unpaired) electrons. The maximum atomic E-state index is 14.0. The normalized spacial score (nSPS) is 15.4. The Morgan fingerprint density at radius 2 is 1.47 bits per heavy atom. The zero-order chi connectivity index (χ0) is 32.7. The van der Waals surface area contributed by atoms with E-state index in [-0.39, 0.29) is 11.6 Å². The number of rotatable bonds is 12. The monoisotopic (exact) mass is 610 g/mol. The van der Waals surface area contributed by atoms with Gasteiger partial charge in [-0.25, -0.2) is 9.59 Å². The number of allylic oxidation sites excluding steroid dienone is 2. The molecule has 45 heavy (non-hydrogen) atoms. The van der Waals surface area contributed by atoms with Crippen LogP contribution in [0.25, 0.3) is 0 Å². The highest BCUT2D eigenvalue weighted by molar-refractivity contribution is 6.00. The first-order valence-electron chi connectivity index (χ1n) is 15.2. The molecule has 1 unspecified atom stereocenters. The van der Waals surface area contributed by atoms with E-state index in [4.69, 9.17) is 9.47 Å². The van der Waals surface area contributed by atoms with Gasteiger partial charge in [0.1, 0.15) is 5.60 Å². The highest BCUT2D eigenvalue weighted by atomic mass is 16.6. The van der Waals surface area contributed by atoms with Gasteiger partial charge >= 0.3 is 11.9 Å². The van der Waals surface area contributed by atoms with Gasteiger partial charge in [0.25, 0.3) is 5.69 Å². The third-order valence-corrected chi connectivity index (χ3v) is 8.29. The van der Waals surface area contributed by atoms with Gasteiger partial charge in [-0.05, 0) is 70.8 Å². The maximum absolute atomic E-state index is 14.0. The molecular weight excluding hydrogens is 568 g/mol. The summed E-state index contributed by atoms with van der Waals surface area (Å²) >= 11 is 0. The van der Waals surface area contributed by atoms with Crippen molar-refractivity contribution in [2.24, 2.45) is 0 Å². The minimum Gasteiger partial charge on any atom is -0.466 e. The summed E-state index contributed by atoms with van der Waals surface area (Å²) in [5.74, 6) is -1.77. The second-order valence-corrected chi connectivity index (χ2v) is 12.4. The Labute approximate surface area is 265 Å². The molecule has 1 aliphatic carbocycles. The lowest BCUT2D eigenvalue weighted by Gasteiger charge is -2.34. The van der Waals surface area contributed by atoms with E-state index in [0.29, 0.717) is 29.7 Å². The van der Waals surface area contributed by atoms with Crippen molar-refractivity contribution in [3.63, 3.8) is 0 Å². The van der Waals surface area contributed by atoms with Gasteiger partial charge in [0, 0.05) is 41.7 Å². The van der Waals surface area contributed by atoms with Crippen LogP contribution < -0.4 is 0 Å². The van der Waals surface area contributed by atoms with E-state index < -0.39 is 28.4 Å². The zero-order valence-corrected chi connectivity index (χ0v) is 26.9. The molecule has 4 rings (SSSR count). The largest absolute Gasteiger partial charge is 0.466 e. The number of methoxy groups -OCH3 is 1. The van der Waals surface area contributed by atoms with E-state index in [1.54, 1.807) is 12.1 Å². The predicted octanol–water partition coefficient (Wildman–Crippen LogP) is 7.36. The number of esters is 2. The van der Waals surface area contributed by atoms with E-state index in [9.17, 15) is 19.7 Å². The highest BCUT2D eigenvalue weighted by Crippen LogP contribution is 2.43. The molecule has 1 aliphatic rings. The number of nitrogens with zero attached hydrogens (tertiary/aromatic N) is 2. The summed E-state index contributed by atoms with van der Waals surface area (Å²) in [5, 5.41) is 11.6. The first-order valence-corrected chi connectivity index (χ1v) is 15.2.